The molecular formula is C62H65B2N3O. The van der Waals surface area contributed by atoms with Crippen LogP contribution in [0.3, 0.4) is 0 Å². The van der Waals surface area contributed by atoms with Gasteiger partial charge in [-0.3, -0.25) is 0 Å². The number of rotatable bonds is 2. The van der Waals surface area contributed by atoms with Crippen LogP contribution in [0.25, 0.3) is 0 Å². The second-order valence-electron chi connectivity index (χ2n) is 25.5. The third-order valence-electron chi connectivity index (χ3n) is 15.7. The van der Waals surface area contributed by atoms with Gasteiger partial charge in [0.1, 0.15) is 0 Å². The maximum atomic E-state index is 7.14. The molecule has 0 N–H and O–H groups in total. The molecule has 7 aromatic rings. The van der Waals surface area contributed by atoms with Crippen molar-refractivity contribution in [1.82, 2.24) is 0 Å². The number of para-hydroxylation sites is 2. The first-order valence-electron chi connectivity index (χ1n) is 25.0. The summed E-state index contributed by atoms with van der Waals surface area (Å²) in [5, 5.41) is 0. The van der Waals surface area contributed by atoms with Gasteiger partial charge in [-0.25, -0.2) is 0 Å². The first kappa shape index (κ1) is 43.2. The monoisotopic (exact) mass is 890 g/mol. The fourth-order valence-electron chi connectivity index (χ4n) is 12.2. The van der Waals surface area contributed by atoms with Crippen LogP contribution in [-0.2, 0) is 27.1 Å². The van der Waals surface area contributed by atoms with Gasteiger partial charge in [0.2, 0.25) is 0 Å². The lowest BCUT2D eigenvalue weighted by molar-refractivity contribution is 0.478. The van der Waals surface area contributed by atoms with Gasteiger partial charge >= 0.3 is 0 Å². The first-order valence-corrected chi connectivity index (χ1v) is 25.0. The van der Waals surface area contributed by atoms with E-state index >= 15 is 0 Å². The molecule has 0 aliphatic carbocycles. The lowest BCUT2D eigenvalue weighted by Crippen LogP contribution is -2.69. The van der Waals surface area contributed by atoms with Crippen molar-refractivity contribution in [1.29, 1.82) is 0 Å². The van der Waals surface area contributed by atoms with E-state index in [0.717, 1.165) is 11.5 Å². The highest BCUT2D eigenvalue weighted by atomic mass is 16.5. The molecule has 0 fully saturated rings. The highest BCUT2D eigenvalue weighted by Gasteiger charge is 2.56. The summed E-state index contributed by atoms with van der Waals surface area (Å²) in [6, 6.07) is 47.4. The molecule has 7 aromatic carbocycles. The summed E-state index contributed by atoms with van der Waals surface area (Å²) >= 11 is 0. The van der Waals surface area contributed by atoms with Crippen molar-refractivity contribution in [2.75, 3.05) is 14.7 Å². The number of nitrogens with zero attached hydrogens (tertiary/aromatic N) is 3. The topological polar surface area (TPSA) is 19.0 Å². The number of fused-ring (bicyclic) bond motifs is 6. The molecule has 0 atom stereocenters. The maximum Gasteiger partial charge on any atom is 0.252 e. The Kier molecular flexibility index (Phi) is 8.74. The average Bonchev–Trinajstić information content (AvgIpc) is 3.26. The summed E-state index contributed by atoms with van der Waals surface area (Å²) in [4.78, 5) is 8.00. The van der Waals surface area contributed by atoms with Crippen molar-refractivity contribution in [3.05, 3.63) is 149 Å². The Morgan fingerprint density at radius 1 is 0.338 bits per heavy atom. The lowest BCUT2D eigenvalue weighted by atomic mass is 9.28. The van der Waals surface area contributed by atoms with Gasteiger partial charge in [-0.15, -0.1) is 0 Å². The van der Waals surface area contributed by atoms with Gasteiger partial charge in [0.15, 0.2) is 11.5 Å². The summed E-state index contributed by atoms with van der Waals surface area (Å²) < 4.78 is 7.14. The van der Waals surface area contributed by atoms with E-state index in [2.05, 4.69) is 240 Å². The van der Waals surface area contributed by atoms with Crippen molar-refractivity contribution in [2.24, 2.45) is 0 Å². The fourth-order valence-corrected chi connectivity index (χ4v) is 12.2. The molecule has 0 saturated heterocycles. The van der Waals surface area contributed by atoms with Crippen molar-refractivity contribution in [3.63, 3.8) is 0 Å². The summed E-state index contributed by atoms with van der Waals surface area (Å²) in [5.41, 5.74) is 25.5. The number of hydrogen-bond acceptors (Lipinski definition) is 4. The molecule has 4 nitrogen and oxygen atoms in total. The second kappa shape index (κ2) is 13.8. The Morgan fingerprint density at radius 2 is 0.706 bits per heavy atom. The van der Waals surface area contributed by atoms with Crippen LogP contribution in [0.15, 0.2) is 121 Å². The zero-order chi connectivity index (χ0) is 47.9. The molecule has 0 spiro atoms. The molecule has 0 unspecified atom stereocenters. The van der Waals surface area contributed by atoms with Gasteiger partial charge in [-0.05, 0) is 131 Å². The van der Waals surface area contributed by atoms with Crippen LogP contribution in [-0.4, -0.2) is 13.4 Å². The Labute approximate surface area is 406 Å². The summed E-state index contributed by atoms with van der Waals surface area (Å²) in [7, 11) is 0. The van der Waals surface area contributed by atoms with Gasteiger partial charge in [-0.2, -0.15) is 0 Å². The van der Waals surface area contributed by atoms with E-state index in [1.807, 2.05) is 0 Å². The second-order valence-corrected chi connectivity index (χ2v) is 25.5. The van der Waals surface area contributed by atoms with E-state index in [1.165, 1.54) is 112 Å². The molecule has 5 aliphatic heterocycles. The van der Waals surface area contributed by atoms with E-state index < -0.39 is 0 Å². The molecule has 340 valence electrons. The minimum atomic E-state index is -0.306. The zero-order valence-electron chi connectivity index (χ0n) is 43.0. The molecule has 5 aliphatic rings. The van der Waals surface area contributed by atoms with Crippen molar-refractivity contribution in [3.8, 4) is 11.5 Å². The highest BCUT2D eigenvalue weighted by molar-refractivity contribution is 7.05. The number of anilines is 9. The van der Waals surface area contributed by atoms with Crippen LogP contribution >= 0.6 is 0 Å². The standard InChI is InChI=1S/C62H65B2N3O/c1-58(2,3)36-22-28-40(29-23-36)65-46-32-26-38(60(7,8)9)34-44(46)63-42-18-16-20-48-53(42)67-54-43(19-17-21-49(54)68-48)64-45-35-39(61(10,11)12)27-33-47(45)66(41-30-24-37(25-31-41)59(4,5)6)56-50(62(13,14)15)55(65)51(63)57(67)52(56)64/h16-35H,1-15H3. The van der Waals surface area contributed by atoms with Crippen molar-refractivity contribution >= 4 is 97.4 Å². The van der Waals surface area contributed by atoms with Crippen LogP contribution < -0.4 is 52.2 Å². The largest absolute Gasteiger partial charge is 0.453 e. The Morgan fingerprint density at radius 3 is 1.06 bits per heavy atom. The average molecular weight is 890 g/mol. The summed E-state index contributed by atoms with van der Waals surface area (Å²) in [6.07, 6.45) is 0. The van der Waals surface area contributed by atoms with E-state index in [1.54, 1.807) is 0 Å². The van der Waals surface area contributed by atoms with Crippen LogP contribution in [0, 0.1) is 0 Å². The highest BCUT2D eigenvalue weighted by Crippen LogP contribution is 2.58. The SMILES string of the molecule is CC(C)(C)c1ccc(N2c3ccc(C(C)(C)C)cc3B3c4cccc5c4N4c6c(cccc6B6c7cc(C(C)(C)C)ccc7N(c7ccc(C(C)(C)C)cc7)c7c6c4c3c2c7C(C)(C)C)O5)cc1. The van der Waals surface area contributed by atoms with Gasteiger partial charge < -0.3 is 19.4 Å². The van der Waals surface area contributed by atoms with Crippen LogP contribution in [0.1, 0.15) is 132 Å². The molecule has 0 bridgehead atoms. The Bertz CT molecular complexity index is 3080. The Balaban J connectivity index is 1.31. The maximum absolute atomic E-state index is 7.14. The number of benzene rings is 7. The van der Waals surface area contributed by atoms with Crippen LogP contribution in [0.4, 0.5) is 51.2 Å². The molecule has 0 saturated carbocycles. The lowest BCUT2D eigenvalue weighted by Gasteiger charge is -2.54. The quantitative estimate of drug-likeness (QED) is 0.161. The van der Waals surface area contributed by atoms with Gasteiger partial charge in [0.05, 0.1) is 11.4 Å². The number of hydrogen-bond donors (Lipinski definition) is 0. The smallest absolute Gasteiger partial charge is 0.252 e. The molecule has 12 rings (SSSR count). The normalized spacial score (nSPS) is 15.2. The minimum absolute atomic E-state index is 0.0186. The van der Waals surface area contributed by atoms with E-state index in [4.69, 9.17) is 4.74 Å². The molecule has 5 heterocycles. The predicted octanol–water partition coefficient (Wildman–Crippen LogP) is 13.0. The van der Waals surface area contributed by atoms with Gasteiger partial charge in [-0.1, -0.05) is 177 Å². The first-order chi connectivity index (χ1) is 31.9. The predicted molar refractivity (Wildman–Crippen MR) is 293 cm³/mol. The summed E-state index contributed by atoms with van der Waals surface area (Å²) in [6.45, 7) is 35.3. The molecule has 6 heteroatoms. The molecule has 0 aromatic heterocycles. The van der Waals surface area contributed by atoms with Crippen molar-refractivity contribution in [2.45, 2.75) is 131 Å². The van der Waals surface area contributed by atoms with Crippen LogP contribution in [0.2, 0.25) is 0 Å². The van der Waals surface area contributed by atoms with E-state index in [-0.39, 0.29) is 40.5 Å². The summed E-state index contributed by atoms with van der Waals surface area (Å²) in [5.74, 6) is 1.84. The van der Waals surface area contributed by atoms with Gasteiger partial charge in [0.25, 0.3) is 13.4 Å². The zero-order valence-corrected chi connectivity index (χ0v) is 43.0. The third-order valence-corrected chi connectivity index (χ3v) is 15.7. The third kappa shape index (κ3) is 6.01. The van der Waals surface area contributed by atoms with Crippen molar-refractivity contribution < 1.29 is 4.74 Å². The van der Waals surface area contributed by atoms with Crippen LogP contribution in [0.5, 0.6) is 11.5 Å². The Hall–Kier alpha value is -6.13. The molecule has 0 radical (unpaired) electrons. The minimum Gasteiger partial charge on any atom is -0.453 e. The molecular weight excluding hydrogens is 824 g/mol. The fraction of sp³-hybridized carbons (Fsp3) is 0.323. The molecule has 68 heavy (non-hydrogen) atoms. The van der Waals surface area contributed by atoms with E-state index in [9.17, 15) is 0 Å². The molecule has 0 amide bonds. The number of ether oxygens (including phenoxy) is 1. The van der Waals surface area contributed by atoms with Gasteiger partial charge in [0, 0.05) is 45.4 Å². The van der Waals surface area contributed by atoms with E-state index in [0.29, 0.717) is 0 Å².